The Morgan fingerprint density at radius 3 is 2.58 bits per heavy atom. The fourth-order valence-electron chi connectivity index (χ4n) is 4.22. The van der Waals surface area contributed by atoms with Gasteiger partial charge in [-0.1, -0.05) is 18.2 Å². The molecule has 0 bridgehead atoms. The molecule has 0 saturated carbocycles. The Hall–Kier alpha value is -3.60. The minimum atomic E-state index is -2.97. The van der Waals surface area contributed by atoms with Crippen molar-refractivity contribution in [3.05, 3.63) is 77.6 Å². The maximum absolute atomic E-state index is 13.1. The van der Waals surface area contributed by atoms with Crippen molar-refractivity contribution in [3.8, 4) is 22.8 Å². The number of alkyl halides is 2. The summed E-state index contributed by atoms with van der Waals surface area (Å²) < 4.78 is 38.1. The van der Waals surface area contributed by atoms with Gasteiger partial charge in [0.25, 0.3) is 0 Å². The van der Waals surface area contributed by atoms with E-state index in [1.165, 1.54) is 6.07 Å². The number of imidazole rings is 1. The first-order chi connectivity index (χ1) is 17.2. The lowest BCUT2D eigenvalue weighted by Crippen LogP contribution is -2.35. The highest BCUT2D eigenvalue weighted by Crippen LogP contribution is 2.37. The lowest BCUT2D eigenvalue weighted by atomic mass is 9.96. The first-order valence-electron chi connectivity index (χ1n) is 11.5. The number of hydrogen-bond donors (Lipinski definition) is 3. The van der Waals surface area contributed by atoms with E-state index in [0.29, 0.717) is 34.0 Å². The van der Waals surface area contributed by atoms with Gasteiger partial charge in [-0.3, -0.25) is 0 Å². The van der Waals surface area contributed by atoms with Crippen molar-refractivity contribution in [2.75, 3.05) is 13.2 Å². The van der Waals surface area contributed by atoms with Gasteiger partial charge in [0.15, 0.2) is 5.65 Å². The molecule has 1 aliphatic rings. The fourth-order valence-corrected chi connectivity index (χ4v) is 4.22. The average Bonchev–Trinajstić information content (AvgIpc) is 3.23. The molecule has 8 nitrogen and oxygen atoms in total. The van der Waals surface area contributed by atoms with E-state index in [1.807, 2.05) is 18.2 Å². The fraction of sp³-hybridized carbons (Fsp3) is 0.308. The van der Waals surface area contributed by atoms with Crippen molar-refractivity contribution < 1.29 is 28.5 Å². The first-order valence-corrected chi connectivity index (χ1v) is 11.5. The molecule has 0 fully saturated rings. The van der Waals surface area contributed by atoms with Gasteiger partial charge in [-0.15, -0.1) is 0 Å². The summed E-state index contributed by atoms with van der Waals surface area (Å²) in [5, 5.41) is 28.5. The summed E-state index contributed by atoms with van der Waals surface area (Å²) >= 11 is 0. The van der Waals surface area contributed by atoms with Crippen LogP contribution in [0.3, 0.4) is 0 Å². The molecule has 2 aromatic carbocycles. The molecule has 188 valence electrons. The minimum Gasteiger partial charge on any atom is -0.491 e. The van der Waals surface area contributed by atoms with Crippen LogP contribution >= 0.6 is 0 Å². The van der Waals surface area contributed by atoms with Gasteiger partial charge >= 0.3 is 6.61 Å². The summed E-state index contributed by atoms with van der Waals surface area (Å²) in [6, 6.07) is 16.9. The Labute approximate surface area is 206 Å². The molecule has 4 aromatic rings. The third-order valence-corrected chi connectivity index (χ3v) is 5.83. The number of rotatable bonds is 7. The molecular formula is C26H26F2N4O4. The van der Waals surface area contributed by atoms with Crippen LogP contribution in [0.15, 0.2) is 60.7 Å². The molecule has 1 aliphatic heterocycles. The van der Waals surface area contributed by atoms with Crippen molar-refractivity contribution in [1.29, 1.82) is 0 Å². The van der Waals surface area contributed by atoms with Gasteiger partial charge < -0.3 is 25.0 Å². The minimum absolute atomic E-state index is 0.0417. The molecule has 0 unspecified atom stereocenters. The van der Waals surface area contributed by atoms with Crippen LogP contribution in [0, 0.1) is 0 Å². The third-order valence-electron chi connectivity index (χ3n) is 5.83. The van der Waals surface area contributed by atoms with E-state index in [9.17, 15) is 19.0 Å². The smallest absolute Gasteiger partial charge is 0.387 e. The Morgan fingerprint density at radius 1 is 1.11 bits per heavy atom. The standard InChI is InChI=1S/C26H26F2N4O4/c1-26(2,34)14-35-16-9-7-15(8-10-16)18-11-12-21-30-23-19(33)13-29-22(24(23)32(21)31-18)17-5-3-4-6-20(17)36-25(27)28/h3-12,19,22,25,29,33-34H,13-14H2,1-2H3/t19-,22+/m1/s1. The van der Waals surface area contributed by atoms with Crippen LogP contribution in [0.5, 0.6) is 11.5 Å². The number of β-amino-alcohol motifs (C(OH)–C–C–N with tert-alkyl or cyclic N) is 1. The predicted molar refractivity (Wildman–Crippen MR) is 128 cm³/mol. The molecule has 2 atom stereocenters. The maximum atomic E-state index is 13.1. The molecule has 0 amide bonds. The van der Waals surface area contributed by atoms with Gasteiger partial charge in [0.05, 0.1) is 28.7 Å². The number of ether oxygens (including phenoxy) is 2. The van der Waals surface area contributed by atoms with E-state index in [0.717, 1.165) is 5.56 Å². The quantitative estimate of drug-likeness (QED) is 0.357. The highest BCUT2D eigenvalue weighted by Gasteiger charge is 2.34. The maximum Gasteiger partial charge on any atom is 0.387 e. The molecule has 2 aromatic heterocycles. The number of aromatic nitrogens is 3. The Kier molecular flexibility index (Phi) is 6.33. The van der Waals surface area contributed by atoms with Crippen molar-refractivity contribution in [2.24, 2.45) is 0 Å². The third kappa shape index (κ3) is 4.88. The van der Waals surface area contributed by atoms with Gasteiger partial charge in [0.1, 0.15) is 24.2 Å². The van der Waals surface area contributed by atoms with Crippen LogP contribution < -0.4 is 14.8 Å². The molecule has 3 heterocycles. The number of halogens is 2. The molecule has 10 heteroatoms. The number of nitrogens with zero attached hydrogens (tertiary/aromatic N) is 3. The number of hydrogen-bond acceptors (Lipinski definition) is 7. The highest BCUT2D eigenvalue weighted by atomic mass is 19.3. The first kappa shape index (κ1) is 24.1. The van der Waals surface area contributed by atoms with E-state index < -0.39 is 24.4 Å². The van der Waals surface area contributed by atoms with Gasteiger partial charge in [-0.2, -0.15) is 13.9 Å². The van der Waals surface area contributed by atoms with Crippen molar-refractivity contribution in [1.82, 2.24) is 19.9 Å². The number of nitrogens with one attached hydrogen (secondary N) is 1. The Balaban J connectivity index is 1.54. The van der Waals surface area contributed by atoms with Crippen molar-refractivity contribution in [3.63, 3.8) is 0 Å². The zero-order valence-electron chi connectivity index (χ0n) is 19.7. The number of fused-ring (bicyclic) bond motifs is 3. The van der Waals surface area contributed by atoms with Crippen LogP contribution in [0.2, 0.25) is 0 Å². The van der Waals surface area contributed by atoms with E-state index in [-0.39, 0.29) is 18.9 Å². The number of para-hydroxylation sites is 1. The zero-order valence-corrected chi connectivity index (χ0v) is 19.7. The van der Waals surface area contributed by atoms with Gasteiger partial charge in [-0.05, 0) is 56.3 Å². The van der Waals surface area contributed by atoms with Gasteiger partial charge in [0.2, 0.25) is 0 Å². The predicted octanol–water partition coefficient (Wildman–Crippen LogP) is 3.87. The largest absolute Gasteiger partial charge is 0.491 e. The molecule has 5 rings (SSSR count). The second-order valence-electron chi connectivity index (χ2n) is 9.27. The molecule has 3 N–H and O–H groups in total. The van der Waals surface area contributed by atoms with Crippen LogP contribution in [-0.4, -0.2) is 50.2 Å². The molecular weight excluding hydrogens is 470 g/mol. The van der Waals surface area contributed by atoms with Crippen molar-refractivity contribution >= 4 is 5.65 Å². The van der Waals surface area contributed by atoms with Crippen LogP contribution in [0.25, 0.3) is 16.9 Å². The van der Waals surface area contributed by atoms with E-state index in [1.54, 1.807) is 54.8 Å². The molecule has 0 spiro atoms. The molecule has 36 heavy (non-hydrogen) atoms. The average molecular weight is 497 g/mol. The molecule has 0 radical (unpaired) electrons. The highest BCUT2D eigenvalue weighted by molar-refractivity contribution is 5.62. The van der Waals surface area contributed by atoms with E-state index >= 15 is 0 Å². The molecule has 0 saturated heterocycles. The second-order valence-corrected chi connectivity index (χ2v) is 9.27. The van der Waals surface area contributed by atoms with E-state index in [2.05, 4.69) is 10.3 Å². The van der Waals surface area contributed by atoms with Gasteiger partial charge in [0, 0.05) is 17.7 Å². The summed E-state index contributed by atoms with van der Waals surface area (Å²) in [6.45, 7) is 0.726. The number of aliphatic hydroxyl groups excluding tert-OH is 1. The normalized spacial score (nSPS) is 17.9. The summed E-state index contributed by atoms with van der Waals surface area (Å²) in [4.78, 5) is 4.57. The monoisotopic (exact) mass is 496 g/mol. The summed E-state index contributed by atoms with van der Waals surface area (Å²) in [5.41, 5.74) is 2.53. The number of aliphatic hydroxyl groups is 2. The molecule has 0 aliphatic carbocycles. The summed E-state index contributed by atoms with van der Waals surface area (Å²) in [5.74, 6) is 0.657. The van der Waals surface area contributed by atoms with Crippen molar-refractivity contribution in [2.45, 2.75) is 38.2 Å². The van der Waals surface area contributed by atoms with E-state index in [4.69, 9.17) is 14.6 Å². The lowest BCUT2D eigenvalue weighted by molar-refractivity contribution is -0.0507. The van der Waals surface area contributed by atoms with Crippen LogP contribution in [-0.2, 0) is 0 Å². The van der Waals surface area contributed by atoms with Crippen LogP contribution in [0.4, 0.5) is 8.78 Å². The zero-order chi connectivity index (χ0) is 25.4. The Morgan fingerprint density at radius 2 is 1.86 bits per heavy atom. The topological polar surface area (TPSA) is 101 Å². The lowest BCUT2D eigenvalue weighted by Gasteiger charge is -2.28. The number of benzene rings is 2. The van der Waals surface area contributed by atoms with Gasteiger partial charge in [-0.25, -0.2) is 9.50 Å². The summed E-state index contributed by atoms with van der Waals surface area (Å²) in [6.07, 6.45) is -0.878. The van der Waals surface area contributed by atoms with Crippen LogP contribution in [0.1, 0.15) is 42.9 Å². The SMILES string of the molecule is CC(C)(O)COc1ccc(-c2ccc3nc4c(n3n2)[C@H](c2ccccc2OC(F)F)NC[C@H]4O)cc1. The second kappa shape index (κ2) is 9.45. The Bertz CT molecular complexity index is 1370. The summed E-state index contributed by atoms with van der Waals surface area (Å²) in [7, 11) is 0.